The average molecular weight is 229 g/mol. The molecule has 0 saturated carbocycles. The molecule has 0 amide bonds. The summed E-state index contributed by atoms with van der Waals surface area (Å²) in [6.45, 7) is 4.44. The summed E-state index contributed by atoms with van der Waals surface area (Å²) in [5, 5.41) is 17.8. The molecule has 0 aromatic rings. The normalized spacial score (nSPS) is 14.4. The third-order valence-corrected chi connectivity index (χ3v) is 1.67. The highest BCUT2D eigenvalue weighted by molar-refractivity contribution is 6.10. The topological polar surface area (TPSA) is 96.2 Å². The summed E-state index contributed by atoms with van der Waals surface area (Å²) in [5.41, 5.74) is -0.144. The molecular weight excluding hydrogens is 214 g/mol. The third kappa shape index (κ3) is 4.59. The molecule has 0 aliphatic carbocycles. The van der Waals surface area contributed by atoms with Gasteiger partial charge >= 0.3 is 11.9 Å². The Kier molecular flexibility index (Phi) is 5.84. The number of carboxylic acid groups (broad SMARTS) is 1. The first-order valence-electron chi connectivity index (χ1n) is 4.73. The zero-order valence-corrected chi connectivity index (χ0v) is 9.43. The molecule has 2 N–H and O–H groups in total. The van der Waals surface area contributed by atoms with Crippen molar-refractivity contribution in [3.8, 4) is 0 Å². The first kappa shape index (κ1) is 14.2. The number of aliphatic hydroxyl groups is 1. The van der Waals surface area contributed by atoms with Gasteiger partial charge in [-0.05, 0) is 20.8 Å². The summed E-state index contributed by atoms with van der Waals surface area (Å²) >= 11 is 0. The molecule has 6 nitrogen and oxygen atoms in total. The standard InChI is InChI=1S/C10H15NO5/c1-4-16-10(15)8(7(3)12)5-11-6(2)9(13)14/h5-6,12H,4H2,1-3H3,(H,13,14)/b8-7-,11-5?. The number of allylic oxidation sites excluding steroid dienone is 1. The average Bonchev–Trinajstić information content (AvgIpc) is 2.17. The van der Waals surface area contributed by atoms with Crippen molar-refractivity contribution in [2.45, 2.75) is 26.8 Å². The minimum Gasteiger partial charge on any atom is -0.512 e. The number of ether oxygens (including phenoxy) is 1. The van der Waals surface area contributed by atoms with E-state index in [4.69, 9.17) is 5.11 Å². The van der Waals surface area contributed by atoms with Crippen molar-refractivity contribution in [2.75, 3.05) is 6.61 Å². The molecule has 0 aliphatic heterocycles. The number of aliphatic hydroxyl groups excluding tert-OH is 1. The maximum absolute atomic E-state index is 11.3. The van der Waals surface area contributed by atoms with Crippen LogP contribution in [-0.4, -0.2) is 41.0 Å². The molecule has 1 unspecified atom stereocenters. The summed E-state index contributed by atoms with van der Waals surface area (Å²) in [7, 11) is 0. The lowest BCUT2D eigenvalue weighted by Gasteiger charge is -2.04. The summed E-state index contributed by atoms with van der Waals surface area (Å²) < 4.78 is 4.66. The molecule has 6 heteroatoms. The molecule has 0 spiro atoms. The molecule has 0 fully saturated rings. The summed E-state index contributed by atoms with van der Waals surface area (Å²) in [6.07, 6.45) is 1.01. The van der Waals surface area contributed by atoms with Gasteiger partial charge in [0, 0.05) is 6.21 Å². The number of carbonyl (C=O) groups is 2. The number of carbonyl (C=O) groups excluding carboxylic acids is 1. The fraction of sp³-hybridized carbons (Fsp3) is 0.500. The summed E-state index contributed by atoms with van der Waals surface area (Å²) in [5.74, 6) is -2.11. The number of hydrogen-bond donors (Lipinski definition) is 2. The van der Waals surface area contributed by atoms with Crippen molar-refractivity contribution in [3.05, 3.63) is 11.3 Å². The zero-order chi connectivity index (χ0) is 12.7. The predicted octanol–water partition coefficient (Wildman–Crippen LogP) is 0.925. The van der Waals surface area contributed by atoms with Gasteiger partial charge in [0.2, 0.25) is 0 Å². The Hall–Kier alpha value is -1.85. The van der Waals surface area contributed by atoms with Crippen LogP contribution < -0.4 is 0 Å². The van der Waals surface area contributed by atoms with Gasteiger partial charge in [-0.1, -0.05) is 0 Å². The van der Waals surface area contributed by atoms with Crippen molar-refractivity contribution in [3.63, 3.8) is 0 Å². The van der Waals surface area contributed by atoms with E-state index in [0.29, 0.717) is 0 Å². The first-order chi connectivity index (χ1) is 7.40. The summed E-state index contributed by atoms with van der Waals surface area (Å²) in [4.78, 5) is 25.4. The molecule has 1 atom stereocenters. The molecular formula is C10H15NO5. The molecule has 0 radical (unpaired) electrons. The third-order valence-electron chi connectivity index (χ3n) is 1.67. The van der Waals surface area contributed by atoms with Crippen LogP contribution in [0.1, 0.15) is 20.8 Å². The Morgan fingerprint density at radius 2 is 2.00 bits per heavy atom. The Morgan fingerprint density at radius 1 is 1.44 bits per heavy atom. The SMILES string of the molecule is CCOC(=O)/C(C=NC(C)C(=O)O)=C(/C)O. The molecule has 90 valence electrons. The van der Waals surface area contributed by atoms with E-state index in [1.54, 1.807) is 6.92 Å². The van der Waals surface area contributed by atoms with Gasteiger partial charge < -0.3 is 14.9 Å². The van der Waals surface area contributed by atoms with E-state index in [1.165, 1.54) is 13.8 Å². The molecule has 0 aromatic carbocycles. The van der Waals surface area contributed by atoms with E-state index in [-0.39, 0.29) is 17.9 Å². The van der Waals surface area contributed by atoms with E-state index in [9.17, 15) is 14.7 Å². The van der Waals surface area contributed by atoms with Crippen molar-refractivity contribution < 1.29 is 24.5 Å². The Morgan fingerprint density at radius 3 is 2.38 bits per heavy atom. The Bertz CT molecular complexity index is 328. The van der Waals surface area contributed by atoms with Gasteiger partial charge in [0.1, 0.15) is 17.4 Å². The minimum absolute atomic E-state index is 0.144. The van der Waals surface area contributed by atoms with Crippen LogP contribution in [0.25, 0.3) is 0 Å². The minimum atomic E-state index is -1.12. The van der Waals surface area contributed by atoms with Gasteiger partial charge in [0.05, 0.1) is 6.61 Å². The molecule has 0 saturated heterocycles. The Balaban J connectivity index is 4.80. The molecule has 16 heavy (non-hydrogen) atoms. The van der Waals surface area contributed by atoms with Crippen molar-refractivity contribution in [1.29, 1.82) is 0 Å². The van der Waals surface area contributed by atoms with E-state index >= 15 is 0 Å². The van der Waals surface area contributed by atoms with Gasteiger partial charge in [0.15, 0.2) is 0 Å². The highest BCUT2D eigenvalue weighted by Crippen LogP contribution is 2.02. The van der Waals surface area contributed by atoms with Crippen LogP contribution in [0.15, 0.2) is 16.3 Å². The van der Waals surface area contributed by atoms with Crippen molar-refractivity contribution in [2.24, 2.45) is 4.99 Å². The van der Waals surface area contributed by atoms with Gasteiger partial charge in [-0.15, -0.1) is 0 Å². The van der Waals surface area contributed by atoms with Crippen LogP contribution in [0.2, 0.25) is 0 Å². The molecule has 0 aromatic heterocycles. The predicted molar refractivity (Wildman–Crippen MR) is 57.6 cm³/mol. The number of nitrogens with zero attached hydrogens (tertiary/aromatic N) is 1. The van der Waals surface area contributed by atoms with E-state index < -0.39 is 18.0 Å². The monoisotopic (exact) mass is 229 g/mol. The molecule has 0 rings (SSSR count). The van der Waals surface area contributed by atoms with Gasteiger partial charge in [0.25, 0.3) is 0 Å². The molecule has 0 aliphatic rings. The Labute approximate surface area is 93.3 Å². The number of hydrogen-bond acceptors (Lipinski definition) is 5. The second kappa shape index (κ2) is 6.60. The van der Waals surface area contributed by atoms with Gasteiger partial charge in [-0.2, -0.15) is 0 Å². The maximum Gasteiger partial charge on any atom is 0.343 e. The maximum atomic E-state index is 11.3. The summed E-state index contributed by atoms with van der Waals surface area (Å²) in [6, 6.07) is -0.983. The van der Waals surface area contributed by atoms with E-state index in [0.717, 1.165) is 6.21 Å². The number of rotatable bonds is 5. The second-order valence-electron chi connectivity index (χ2n) is 3.01. The number of esters is 1. The lowest BCUT2D eigenvalue weighted by molar-refractivity contribution is -0.139. The first-order valence-corrected chi connectivity index (χ1v) is 4.73. The fourth-order valence-corrected chi connectivity index (χ4v) is 0.753. The van der Waals surface area contributed by atoms with Crippen LogP contribution in [-0.2, 0) is 14.3 Å². The number of aliphatic carboxylic acids is 1. The highest BCUT2D eigenvalue weighted by atomic mass is 16.5. The second-order valence-corrected chi connectivity index (χ2v) is 3.01. The van der Waals surface area contributed by atoms with Crippen LogP contribution in [0.3, 0.4) is 0 Å². The number of carboxylic acids is 1. The fourth-order valence-electron chi connectivity index (χ4n) is 0.753. The van der Waals surface area contributed by atoms with Gasteiger partial charge in [-0.3, -0.25) is 4.99 Å². The van der Waals surface area contributed by atoms with Crippen LogP contribution in [0.4, 0.5) is 0 Å². The van der Waals surface area contributed by atoms with Crippen LogP contribution >= 0.6 is 0 Å². The van der Waals surface area contributed by atoms with E-state index in [2.05, 4.69) is 9.73 Å². The molecule has 0 bridgehead atoms. The van der Waals surface area contributed by atoms with Crippen LogP contribution in [0, 0.1) is 0 Å². The lowest BCUT2D eigenvalue weighted by Crippen LogP contribution is -2.16. The van der Waals surface area contributed by atoms with E-state index in [1.807, 2.05) is 0 Å². The van der Waals surface area contributed by atoms with Crippen LogP contribution in [0.5, 0.6) is 0 Å². The highest BCUT2D eigenvalue weighted by Gasteiger charge is 2.13. The van der Waals surface area contributed by atoms with Crippen molar-refractivity contribution in [1.82, 2.24) is 0 Å². The number of aliphatic imine (C=N–C) groups is 1. The zero-order valence-electron chi connectivity index (χ0n) is 9.43. The van der Waals surface area contributed by atoms with Crippen molar-refractivity contribution >= 4 is 18.2 Å². The quantitative estimate of drug-likeness (QED) is 0.316. The van der Waals surface area contributed by atoms with Gasteiger partial charge in [-0.25, -0.2) is 9.59 Å². The largest absolute Gasteiger partial charge is 0.512 e. The lowest BCUT2D eigenvalue weighted by atomic mass is 10.2. The molecule has 0 heterocycles. The smallest absolute Gasteiger partial charge is 0.343 e.